The van der Waals surface area contributed by atoms with E-state index in [1.165, 1.54) is 5.56 Å². The number of nitrogens with zero attached hydrogens (tertiary/aromatic N) is 2. The van der Waals surface area contributed by atoms with Crippen molar-refractivity contribution >= 4 is 23.3 Å². The van der Waals surface area contributed by atoms with Crippen molar-refractivity contribution < 1.29 is 9.59 Å². The molecule has 0 radical (unpaired) electrons. The van der Waals surface area contributed by atoms with Crippen LogP contribution < -0.4 is 10.2 Å². The average Bonchev–Trinajstić information content (AvgIpc) is 3.22. The Kier molecular flexibility index (Phi) is 3.25. The van der Waals surface area contributed by atoms with Crippen LogP contribution in [-0.2, 0) is 21.5 Å². The van der Waals surface area contributed by atoms with Crippen LogP contribution in [0.25, 0.3) is 0 Å². The topological polar surface area (TPSA) is 78.1 Å². The first kappa shape index (κ1) is 15.8. The Labute approximate surface area is 156 Å². The number of fused-ring (bicyclic) bond motifs is 4. The molecule has 1 atom stereocenters. The van der Waals surface area contributed by atoms with Gasteiger partial charge in [0, 0.05) is 17.7 Å². The summed E-state index contributed by atoms with van der Waals surface area (Å²) in [5.74, 6) is 0.237. The number of carbonyl (C=O) groups excluding carboxylic acids is 2. The zero-order valence-corrected chi connectivity index (χ0v) is 14.8. The van der Waals surface area contributed by atoms with Gasteiger partial charge in [0.2, 0.25) is 11.8 Å². The van der Waals surface area contributed by atoms with E-state index in [2.05, 4.69) is 15.5 Å². The van der Waals surface area contributed by atoms with Crippen molar-refractivity contribution in [1.29, 1.82) is 0 Å². The highest BCUT2D eigenvalue weighted by molar-refractivity contribution is 6.15. The van der Waals surface area contributed by atoms with Crippen LogP contribution in [0.2, 0.25) is 0 Å². The van der Waals surface area contributed by atoms with Gasteiger partial charge in [-0.1, -0.05) is 48.0 Å². The molecule has 0 bridgehead atoms. The Balaban J connectivity index is 1.67. The summed E-state index contributed by atoms with van der Waals surface area (Å²) < 4.78 is 0. The fourth-order valence-electron chi connectivity index (χ4n) is 4.21. The van der Waals surface area contributed by atoms with E-state index in [1.807, 2.05) is 55.5 Å². The third kappa shape index (κ3) is 2.16. The molecule has 2 aliphatic rings. The Morgan fingerprint density at radius 3 is 2.67 bits per heavy atom. The molecule has 2 N–H and O–H groups in total. The zero-order valence-electron chi connectivity index (χ0n) is 14.8. The smallest absolute Gasteiger partial charge is 0.243 e. The molecule has 2 amide bonds. The summed E-state index contributed by atoms with van der Waals surface area (Å²) in [6.45, 7) is 2.50. The fourth-order valence-corrected chi connectivity index (χ4v) is 4.21. The predicted octanol–water partition coefficient (Wildman–Crippen LogP) is 2.89. The van der Waals surface area contributed by atoms with E-state index in [9.17, 15) is 9.59 Å². The van der Waals surface area contributed by atoms with Gasteiger partial charge in [-0.05, 0) is 24.1 Å². The maximum Gasteiger partial charge on any atom is 0.243 e. The molecule has 5 rings (SSSR count). The number of nitrogens with one attached hydrogen (secondary N) is 2. The summed E-state index contributed by atoms with van der Waals surface area (Å²) in [5, 5.41) is 9.67. The first-order valence-corrected chi connectivity index (χ1v) is 8.90. The number of aryl methyl sites for hydroxylation is 1. The molecule has 0 aliphatic carbocycles. The number of aromatic amines is 1. The monoisotopic (exact) mass is 358 g/mol. The van der Waals surface area contributed by atoms with Gasteiger partial charge in [-0.15, -0.1) is 0 Å². The Bertz CT molecular complexity index is 1070. The number of carbonyl (C=O) groups is 2. The molecule has 3 aromatic rings. The van der Waals surface area contributed by atoms with E-state index in [0.29, 0.717) is 12.4 Å². The van der Waals surface area contributed by atoms with Gasteiger partial charge >= 0.3 is 0 Å². The van der Waals surface area contributed by atoms with E-state index in [-0.39, 0.29) is 18.2 Å². The average molecular weight is 358 g/mol. The van der Waals surface area contributed by atoms with Crippen LogP contribution in [0.4, 0.5) is 11.5 Å². The summed E-state index contributed by atoms with van der Waals surface area (Å²) in [5.41, 5.74) is 3.64. The maximum absolute atomic E-state index is 13.7. The molecule has 3 heterocycles. The van der Waals surface area contributed by atoms with Crippen molar-refractivity contribution in [3.63, 3.8) is 0 Å². The van der Waals surface area contributed by atoms with Gasteiger partial charge in [-0.2, -0.15) is 5.10 Å². The van der Waals surface area contributed by atoms with Gasteiger partial charge < -0.3 is 10.2 Å². The Morgan fingerprint density at radius 2 is 1.85 bits per heavy atom. The first-order valence-electron chi connectivity index (χ1n) is 8.90. The van der Waals surface area contributed by atoms with Crippen LogP contribution in [0.1, 0.15) is 28.7 Å². The van der Waals surface area contributed by atoms with Crippen LogP contribution in [0.5, 0.6) is 0 Å². The normalized spacial score (nSPS) is 20.6. The molecule has 2 aromatic carbocycles. The highest BCUT2D eigenvalue weighted by Gasteiger charge is 2.56. The minimum absolute atomic E-state index is 0.0817. The van der Waals surface area contributed by atoms with E-state index < -0.39 is 5.41 Å². The predicted molar refractivity (Wildman–Crippen MR) is 101 cm³/mol. The molecular formula is C21H18N4O2. The summed E-state index contributed by atoms with van der Waals surface area (Å²) in [7, 11) is 0. The van der Waals surface area contributed by atoms with Crippen molar-refractivity contribution in [3.05, 3.63) is 77.0 Å². The van der Waals surface area contributed by atoms with Gasteiger partial charge in [-0.25, -0.2) is 0 Å². The third-order valence-corrected chi connectivity index (χ3v) is 5.52. The highest BCUT2D eigenvalue weighted by atomic mass is 16.2. The molecule has 6 nitrogen and oxygen atoms in total. The van der Waals surface area contributed by atoms with Crippen LogP contribution in [0.15, 0.2) is 54.7 Å². The van der Waals surface area contributed by atoms with Crippen molar-refractivity contribution in [3.8, 4) is 0 Å². The summed E-state index contributed by atoms with van der Waals surface area (Å²) in [6, 6.07) is 15.9. The van der Waals surface area contributed by atoms with Crippen molar-refractivity contribution in [2.45, 2.75) is 25.3 Å². The number of hydrogen-bond acceptors (Lipinski definition) is 3. The summed E-state index contributed by atoms with van der Waals surface area (Å²) in [4.78, 5) is 27.9. The van der Waals surface area contributed by atoms with Crippen molar-refractivity contribution in [1.82, 2.24) is 10.2 Å². The van der Waals surface area contributed by atoms with E-state index in [1.54, 1.807) is 11.1 Å². The van der Waals surface area contributed by atoms with Gasteiger partial charge in [-0.3, -0.25) is 14.7 Å². The second-order valence-corrected chi connectivity index (χ2v) is 7.18. The van der Waals surface area contributed by atoms with Crippen LogP contribution in [0, 0.1) is 6.92 Å². The van der Waals surface area contributed by atoms with E-state index >= 15 is 0 Å². The summed E-state index contributed by atoms with van der Waals surface area (Å²) >= 11 is 0. The molecule has 0 unspecified atom stereocenters. The van der Waals surface area contributed by atoms with E-state index in [4.69, 9.17) is 0 Å². The van der Waals surface area contributed by atoms with Crippen molar-refractivity contribution in [2.24, 2.45) is 0 Å². The highest BCUT2D eigenvalue weighted by Crippen LogP contribution is 2.51. The number of amides is 2. The molecule has 27 heavy (non-hydrogen) atoms. The second-order valence-electron chi connectivity index (χ2n) is 7.18. The fraction of sp³-hybridized carbons (Fsp3) is 0.190. The molecule has 6 heteroatoms. The largest absolute Gasteiger partial charge is 0.311 e. The Hall–Kier alpha value is -3.41. The molecule has 0 fully saturated rings. The van der Waals surface area contributed by atoms with Crippen LogP contribution in [0.3, 0.4) is 0 Å². The molecule has 0 saturated heterocycles. The molecular weight excluding hydrogens is 340 g/mol. The van der Waals surface area contributed by atoms with Crippen molar-refractivity contribution in [2.75, 3.05) is 10.2 Å². The van der Waals surface area contributed by atoms with Gasteiger partial charge in [0.25, 0.3) is 0 Å². The number of rotatable bonds is 2. The number of hydrogen-bond donors (Lipinski definition) is 2. The quantitative estimate of drug-likeness (QED) is 0.739. The molecule has 1 aromatic heterocycles. The second kappa shape index (κ2) is 5.54. The lowest BCUT2D eigenvalue weighted by atomic mass is 9.72. The lowest BCUT2D eigenvalue weighted by Crippen LogP contribution is -2.46. The number of H-pyrrole nitrogens is 1. The number of anilines is 2. The minimum atomic E-state index is -1.02. The van der Waals surface area contributed by atoms with E-state index in [0.717, 1.165) is 22.4 Å². The lowest BCUT2D eigenvalue weighted by Gasteiger charge is -2.31. The number of aromatic nitrogens is 2. The number of benzene rings is 2. The van der Waals surface area contributed by atoms with Gasteiger partial charge in [0.15, 0.2) is 0 Å². The Morgan fingerprint density at radius 1 is 1.07 bits per heavy atom. The SMILES string of the molecule is Cc1ccc(CN2C(=O)[C@@]3(CC(=O)Nc4[nH]ncc43)c3ccccc32)cc1. The molecule has 1 spiro atoms. The maximum atomic E-state index is 13.7. The molecule has 134 valence electrons. The van der Waals surface area contributed by atoms with Gasteiger partial charge in [0.05, 0.1) is 12.7 Å². The zero-order chi connectivity index (χ0) is 18.6. The number of para-hydroxylation sites is 1. The van der Waals surface area contributed by atoms with Crippen LogP contribution in [-0.4, -0.2) is 22.0 Å². The minimum Gasteiger partial charge on any atom is -0.311 e. The van der Waals surface area contributed by atoms with Crippen LogP contribution >= 0.6 is 0 Å². The third-order valence-electron chi connectivity index (χ3n) is 5.52. The summed E-state index contributed by atoms with van der Waals surface area (Å²) in [6.07, 6.45) is 1.73. The molecule has 2 aliphatic heterocycles. The molecule has 0 saturated carbocycles. The first-order chi connectivity index (χ1) is 13.1. The standard InChI is InChI=1S/C21H18N4O2/c1-13-6-8-14(9-7-13)12-25-17-5-3-2-4-15(17)21(20(25)27)10-18(26)23-19-16(21)11-22-24-19/h2-9,11H,10,12H2,1H3,(H2,22,23,24,26)/t21-/m0/s1. The van der Waals surface area contributed by atoms with Gasteiger partial charge in [0.1, 0.15) is 11.2 Å². The lowest BCUT2D eigenvalue weighted by molar-refractivity contribution is -0.126.